The van der Waals surface area contributed by atoms with Crippen molar-refractivity contribution in [3.8, 4) is 10.7 Å². The van der Waals surface area contributed by atoms with Gasteiger partial charge in [0.25, 0.3) is 5.91 Å². The van der Waals surface area contributed by atoms with Gasteiger partial charge in [-0.1, -0.05) is 28.9 Å². The molecule has 1 fully saturated rings. The van der Waals surface area contributed by atoms with Crippen LogP contribution in [0, 0.1) is 6.92 Å². The van der Waals surface area contributed by atoms with Crippen LogP contribution in [0.4, 0.5) is 0 Å². The average molecular weight is 397 g/mol. The van der Waals surface area contributed by atoms with E-state index in [2.05, 4.69) is 15.0 Å². The molecule has 0 spiro atoms. The first kappa shape index (κ1) is 18.8. The van der Waals surface area contributed by atoms with Crippen molar-refractivity contribution >= 4 is 17.2 Å². The lowest BCUT2D eigenvalue weighted by atomic mass is 10.1. The summed E-state index contributed by atoms with van der Waals surface area (Å²) in [4.78, 5) is 22.4. The molecule has 1 amide bonds. The van der Waals surface area contributed by atoms with Crippen molar-refractivity contribution in [1.82, 2.24) is 19.9 Å². The van der Waals surface area contributed by atoms with E-state index in [1.807, 2.05) is 53.6 Å². The Bertz CT molecular complexity index is 897. The third kappa shape index (κ3) is 4.48. The molecule has 6 nitrogen and oxygen atoms in total. The van der Waals surface area contributed by atoms with Gasteiger partial charge in [-0.2, -0.15) is 4.98 Å². The summed E-state index contributed by atoms with van der Waals surface area (Å²) in [5.41, 5.74) is 1.95. The number of hydrogen-bond donors (Lipinski definition) is 0. The molecular formula is C21H24N4O2S. The molecule has 0 bridgehead atoms. The van der Waals surface area contributed by atoms with Gasteiger partial charge in [-0.25, -0.2) is 0 Å². The summed E-state index contributed by atoms with van der Waals surface area (Å²) in [5.74, 6) is 1.50. The zero-order valence-corrected chi connectivity index (χ0v) is 16.8. The lowest BCUT2D eigenvalue weighted by Crippen LogP contribution is -2.48. The van der Waals surface area contributed by atoms with Crippen LogP contribution in [0.25, 0.3) is 10.7 Å². The van der Waals surface area contributed by atoms with Crippen LogP contribution in [0.3, 0.4) is 0 Å². The monoisotopic (exact) mass is 396 g/mol. The van der Waals surface area contributed by atoms with Crippen molar-refractivity contribution < 1.29 is 9.32 Å². The van der Waals surface area contributed by atoms with E-state index in [-0.39, 0.29) is 5.91 Å². The maximum Gasteiger partial charge on any atom is 0.253 e. The van der Waals surface area contributed by atoms with Gasteiger partial charge in [0.05, 0.1) is 4.88 Å². The number of aryl methyl sites for hydroxylation is 2. The molecule has 0 atom stereocenters. The molecule has 0 unspecified atom stereocenters. The standard InChI is InChI=1S/C21H24N4O2S/c1-16-6-8-17(9-7-16)21(26)25-13-11-24(12-14-25)10-2-5-19-22-20(23-27-19)18-4-3-15-28-18/h3-4,6-9,15H,2,5,10-14H2,1H3. The molecular weight excluding hydrogens is 372 g/mol. The normalized spacial score (nSPS) is 15.1. The third-order valence-electron chi connectivity index (χ3n) is 5.03. The highest BCUT2D eigenvalue weighted by atomic mass is 32.1. The van der Waals surface area contributed by atoms with Crippen LogP contribution in [-0.4, -0.2) is 58.6 Å². The number of nitrogens with zero attached hydrogens (tertiary/aromatic N) is 4. The van der Waals surface area contributed by atoms with Gasteiger partial charge in [0, 0.05) is 38.2 Å². The van der Waals surface area contributed by atoms with Gasteiger partial charge < -0.3 is 9.42 Å². The molecule has 28 heavy (non-hydrogen) atoms. The maximum atomic E-state index is 12.6. The first-order valence-electron chi connectivity index (χ1n) is 9.64. The molecule has 0 N–H and O–H groups in total. The fraction of sp³-hybridized carbons (Fsp3) is 0.381. The van der Waals surface area contributed by atoms with Gasteiger partial charge in [0.15, 0.2) is 0 Å². The summed E-state index contributed by atoms with van der Waals surface area (Å²) in [6.07, 6.45) is 1.75. The van der Waals surface area contributed by atoms with E-state index in [9.17, 15) is 4.79 Å². The van der Waals surface area contributed by atoms with E-state index in [0.29, 0.717) is 11.7 Å². The largest absolute Gasteiger partial charge is 0.339 e. The van der Waals surface area contributed by atoms with E-state index in [1.165, 1.54) is 5.56 Å². The molecule has 1 aliphatic heterocycles. The highest BCUT2D eigenvalue weighted by Gasteiger charge is 2.22. The molecule has 1 aromatic carbocycles. The van der Waals surface area contributed by atoms with Crippen LogP contribution in [-0.2, 0) is 6.42 Å². The number of hydrogen-bond acceptors (Lipinski definition) is 6. The minimum absolute atomic E-state index is 0.131. The van der Waals surface area contributed by atoms with Gasteiger partial charge in [-0.15, -0.1) is 11.3 Å². The number of rotatable bonds is 6. The zero-order chi connectivity index (χ0) is 19.3. The van der Waals surface area contributed by atoms with E-state index < -0.39 is 0 Å². The molecule has 2 aromatic heterocycles. The number of thiophene rings is 1. The summed E-state index contributed by atoms with van der Waals surface area (Å²) in [6.45, 7) is 6.36. The smallest absolute Gasteiger partial charge is 0.253 e. The molecule has 4 rings (SSSR count). The van der Waals surface area contributed by atoms with E-state index in [1.54, 1.807) is 11.3 Å². The van der Waals surface area contributed by atoms with Crippen LogP contribution in [0.1, 0.15) is 28.2 Å². The molecule has 0 aliphatic carbocycles. The van der Waals surface area contributed by atoms with Crippen LogP contribution in [0.15, 0.2) is 46.3 Å². The Morgan fingerprint density at radius 2 is 1.93 bits per heavy atom. The van der Waals surface area contributed by atoms with Gasteiger partial charge in [0.1, 0.15) is 0 Å². The fourth-order valence-corrected chi connectivity index (χ4v) is 4.02. The second kappa shape index (κ2) is 8.67. The van der Waals surface area contributed by atoms with Crippen LogP contribution in [0.2, 0.25) is 0 Å². The van der Waals surface area contributed by atoms with E-state index in [0.717, 1.165) is 56.0 Å². The van der Waals surface area contributed by atoms with Gasteiger partial charge in [-0.3, -0.25) is 9.69 Å². The Hall–Kier alpha value is -2.51. The SMILES string of the molecule is Cc1ccc(C(=O)N2CCN(CCCc3nc(-c4cccs4)no3)CC2)cc1. The topological polar surface area (TPSA) is 62.5 Å². The maximum absolute atomic E-state index is 12.6. The molecule has 0 saturated carbocycles. The highest BCUT2D eigenvalue weighted by molar-refractivity contribution is 7.13. The molecule has 3 heterocycles. The number of benzene rings is 1. The zero-order valence-electron chi connectivity index (χ0n) is 16.0. The molecule has 1 saturated heterocycles. The number of aromatic nitrogens is 2. The van der Waals surface area contributed by atoms with Crippen molar-refractivity contribution in [3.63, 3.8) is 0 Å². The summed E-state index contributed by atoms with van der Waals surface area (Å²) < 4.78 is 5.36. The number of carbonyl (C=O) groups is 1. The summed E-state index contributed by atoms with van der Waals surface area (Å²) in [7, 11) is 0. The first-order chi connectivity index (χ1) is 13.7. The fourth-order valence-electron chi connectivity index (χ4n) is 3.37. The van der Waals surface area contributed by atoms with Crippen LogP contribution < -0.4 is 0 Å². The predicted octanol–water partition coefficient (Wildman–Crippen LogP) is 3.50. The molecule has 3 aromatic rings. The minimum Gasteiger partial charge on any atom is -0.339 e. The number of amides is 1. The van der Waals surface area contributed by atoms with Crippen molar-refractivity contribution in [1.29, 1.82) is 0 Å². The number of carbonyl (C=O) groups excluding carboxylic acids is 1. The Morgan fingerprint density at radius 3 is 2.64 bits per heavy atom. The third-order valence-corrected chi connectivity index (χ3v) is 5.90. The van der Waals surface area contributed by atoms with Gasteiger partial charge in [0.2, 0.25) is 11.7 Å². The van der Waals surface area contributed by atoms with Gasteiger partial charge in [-0.05, 0) is 43.5 Å². The van der Waals surface area contributed by atoms with E-state index in [4.69, 9.17) is 4.52 Å². The van der Waals surface area contributed by atoms with Crippen LogP contribution >= 0.6 is 11.3 Å². The predicted molar refractivity (Wildman–Crippen MR) is 109 cm³/mol. The molecule has 0 radical (unpaired) electrons. The lowest BCUT2D eigenvalue weighted by molar-refractivity contribution is 0.0635. The van der Waals surface area contributed by atoms with Crippen molar-refractivity contribution in [3.05, 3.63) is 58.8 Å². The Labute approximate surface area is 168 Å². The Balaban J connectivity index is 1.21. The van der Waals surface area contributed by atoms with Crippen molar-refractivity contribution in [2.24, 2.45) is 0 Å². The number of piperazine rings is 1. The summed E-state index contributed by atoms with van der Waals surface area (Å²) in [6, 6.07) is 11.8. The second-order valence-electron chi connectivity index (χ2n) is 7.09. The Morgan fingerprint density at radius 1 is 1.14 bits per heavy atom. The molecule has 7 heteroatoms. The highest BCUT2D eigenvalue weighted by Crippen LogP contribution is 2.21. The Kier molecular flexibility index (Phi) is 5.83. The van der Waals surface area contributed by atoms with Crippen LogP contribution in [0.5, 0.6) is 0 Å². The average Bonchev–Trinajstić information content (AvgIpc) is 3.40. The van der Waals surface area contributed by atoms with E-state index >= 15 is 0 Å². The first-order valence-corrected chi connectivity index (χ1v) is 10.5. The summed E-state index contributed by atoms with van der Waals surface area (Å²) >= 11 is 1.61. The van der Waals surface area contributed by atoms with Crippen molar-refractivity contribution in [2.45, 2.75) is 19.8 Å². The minimum atomic E-state index is 0.131. The molecule has 1 aliphatic rings. The lowest BCUT2D eigenvalue weighted by Gasteiger charge is -2.34. The summed E-state index contributed by atoms with van der Waals surface area (Å²) in [5, 5.41) is 6.06. The van der Waals surface area contributed by atoms with Crippen molar-refractivity contribution in [2.75, 3.05) is 32.7 Å². The van der Waals surface area contributed by atoms with Gasteiger partial charge >= 0.3 is 0 Å². The quantitative estimate of drug-likeness (QED) is 0.638. The molecule has 146 valence electrons. The second-order valence-corrected chi connectivity index (χ2v) is 8.04.